The Balaban J connectivity index is 1.90. The van der Waals surface area contributed by atoms with Crippen LogP contribution >= 0.6 is 11.8 Å². The molecule has 0 atom stereocenters. The molecule has 3 aromatic rings. The van der Waals surface area contributed by atoms with Crippen molar-refractivity contribution in [3.05, 3.63) is 70.3 Å². The number of benzene rings is 2. The van der Waals surface area contributed by atoms with Gasteiger partial charge in [0.15, 0.2) is 0 Å². The molecule has 6 heteroatoms. The largest absolute Gasteiger partial charge is 0.423 e. The minimum absolute atomic E-state index is 0.195. The van der Waals surface area contributed by atoms with Crippen molar-refractivity contribution < 1.29 is 13.6 Å². The quantitative estimate of drug-likeness (QED) is 0.570. The minimum Gasteiger partial charge on any atom is -0.423 e. The first-order chi connectivity index (χ1) is 11.5. The summed E-state index contributed by atoms with van der Waals surface area (Å²) < 4.78 is 18.2. The molecule has 0 aliphatic carbocycles. The zero-order valence-corrected chi connectivity index (χ0v) is 13.7. The van der Waals surface area contributed by atoms with Crippen molar-refractivity contribution in [1.29, 1.82) is 0 Å². The van der Waals surface area contributed by atoms with Crippen LogP contribution in [-0.4, -0.2) is 5.91 Å². The maximum absolute atomic E-state index is 12.9. The summed E-state index contributed by atoms with van der Waals surface area (Å²) >= 11 is 1.50. The number of anilines is 1. The smallest absolute Gasteiger partial charge is 0.336 e. The second-order valence-electron chi connectivity index (χ2n) is 5.23. The first kappa shape index (κ1) is 16.3. The fraction of sp³-hybridized carbons (Fsp3) is 0.111. The Labute approximate surface area is 141 Å². The molecule has 0 aliphatic rings. The number of halogens is 1. The number of carbonyl (C=O) groups excluding carboxylic acids is 1. The van der Waals surface area contributed by atoms with Gasteiger partial charge >= 0.3 is 5.63 Å². The highest BCUT2D eigenvalue weighted by molar-refractivity contribution is 7.98. The summed E-state index contributed by atoms with van der Waals surface area (Å²) in [5, 5.41) is 3.46. The van der Waals surface area contributed by atoms with Gasteiger partial charge < -0.3 is 9.73 Å². The van der Waals surface area contributed by atoms with Gasteiger partial charge in [-0.2, -0.15) is 0 Å². The van der Waals surface area contributed by atoms with Crippen molar-refractivity contribution in [3.8, 4) is 0 Å². The molecule has 0 saturated carbocycles. The summed E-state index contributed by atoms with van der Waals surface area (Å²) in [6, 6.07) is 12.9. The summed E-state index contributed by atoms with van der Waals surface area (Å²) in [5.41, 5.74) is 1.37. The SMILES string of the molecule is CC(=O)Nc1ccc2c(CSc3ccc(F)cc3)cc(=O)oc2c1. The van der Waals surface area contributed by atoms with E-state index < -0.39 is 5.63 Å². The van der Waals surface area contributed by atoms with Crippen LogP contribution in [0.2, 0.25) is 0 Å². The highest BCUT2D eigenvalue weighted by Gasteiger charge is 2.08. The number of fused-ring (bicyclic) bond motifs is 1. The molecule has 0 fully saturated rings. The number of thioether (sulfide) groups is 1. The summed E-state index contributed by atoms with van der Waals surface area (Å²) in [4.78, 5) is 23.8. The molecule has 3 rings (SSSR count). The van der Waals surface area contributed by atoms with E-state index in [4.69, 9.17) is 4.42 Å². The van der Waals surface area contributed by atoms with Crippen molar-refractivity contribution in [1.82, 2.24) is 0 Å². The minimum atomic E-state index is -0.447. The first-order valence-electron chi connectivity index (χ1n) is 7.24. The summed E-state index contributed by atoms with van der Waals surface area (Å²) in [5.74, 6) is 0.0723. The van der Waals surface area contributed by atoms with Crippen LogP contribution in [0.3, 0.4) is 0 Å². The van der Waals surface area contributed by atoms with E-state index in [-0.39, 0.29) is 11.7 Å². The van der Waals surface area contributed by atoms with Gasteiger partial charge in [-0.25, -0.2) is 9.18 Å². The van der Waals surface area contributed by atoms with Gasteiger partial charge in [-0.05, 0) is 42.0 Å². The lowest BCUT2D eigenvalue weighted by Gasteiger charge is -2.08. The summed E-state index contributed by atoms with van der Waals surface area (Å²) in [6.45, 7) is 1.41. The van der Waals surface area contributed by atoms with Crippen LogP contribution in [0.5, 0.6) is 0 Å². The van der Waals surface area contributed by atoms with Crippen LogP contribution in [0, 0.1) is 5.82 Å². The Kier molecular flexibility index (Phi) is 4.66. The van der Waals surface area contributed by atoms with Gasteiger partial charge in [-0.3, -0.25) is 4.79 Å². The fourth-order valence-electron chi connectivity index (χ4n) is 2.32. The van der Waals surface area contributed by atoms with Gasteiger partial charge in [0.2, 0.25) is 5.91 Å². The Morgan fingerprint density at radius 2 is 1.92 bits per heavy atom. The molecule has 4 nitrogen and oxygen atoms in total. The van der Waals surface area contributed by atoms with Gasteiger partial charge in [0.05, 0.1) is 0 Å². The Morgan fingerprint density at radius 3 is 2.62 bits per heavy atom. The zero-order valence-electron chi connectivity index (χ0n) is 12.8. The van der Waals surface area contributed by atoms with E-state index in [1.54, 1.807) is 24.3 Å². The van der Waals surface area contributed by atoms with Crippen LogP contribution in [-0.2, 0) is 10.5 Å². The third kappa shape index (κ3) is 3.83. The van der Waals surface area contributed by atoms with Crippen LogP contribution in [0.4, 0.5) is 10.1 Å². The molecular formula is C18H14FNO3S. The lowest BCUT2D eigenvalue weighted by atomic mass is 10.1. The highest BCUT2D eigenvalue weighted by atomic mass is 32.2. The number of hydrogen-bond donors (Lipinski definition) is 1. The number of hydrogen-bond acceptors (Lipinski definition) is 4. The molecule has 1 N–H and O–H groups in total. The van der Waals surface area contributed by atoms with Gasteiger partial charge in [0.1, 0.15) is 11.4 Å². The zero-order chi connectivity index (χ0) is 17.1. The maximum atomic E-state index is 12.9. The number of rotatable bonds is 4. The number of amides is 1. The molecular weight excluding hydrogens is 329 g/mol. The van der Waals surface area contributed by atoms with Gasteiger partial charge in [0.25, 0.3) is 0 Å². The van der Waals surface area contributed by atoms with Crippen molar-refractivity contribution in [2.24, 2.45) is 0 Å². The van der Waals surface area contributed by atoms with Crippen molar-refractivity contribution in [2.45, 2.75) is 17.6 Å². The first-order valence-corrected chi connectivity index (χ1v) is 8.22. The van der Waals surface area contributed by atoms with Crippen molar-refractivity contribution in [2.75, 3.05) is 5.32 Å². The predicted octanol–water partition coefficient (Wildman–Crippen LogP) is 4.18. The standard InChI is InChI=1S/C18H14FNO3S/c1-11(21)20-14-4-7-16-12(8-18(22)23-17(16)9-14)10-24-15-5-2-13(19)3-6-15/h2-9H,10H2,1H3,(H,20,21). The summed E-state index contributed by atoms with van der Waals surface area (Å²) in [7, 11) is 0. The molecule has 1 aromatic heterocycles. The molecule has 0 saturated heterocycles. The van der Waals surface area contributed by atoms with E-state index in [0.29, 0.717) is 17.0 Å². The van der Waals surface area contributed by atoms with E-state index in [1.165, 1.54) is 36.9 Å². The second kappa shape index (κ2) is 6.88. The van der Waals surface area contributed by atoms with E-state index in [9.17, 15) is 14.0 Å². The third-order valence-electron chi connectivity index (χ3n) is 3.36. The van der Waals surface area contributed by atoms with E-state index in [2.05, 4.69) is 5.32 Å². The molecule has 0 unspecified atom stereocenters. The van der Waals surface area contributed by atoms with Crippen LogP contribution in [0.15, 0.2) is 62.6 Å². The lowest BCUT2D eigenvalue weighted by Crippen LogP contribution is -2.06. The van der Waals surface area contributed by atoms with Gasteiger partial charge in [0, 0.05) is 40.8 Å². The Morgan fingerprint density at radius 1 is 1.17 bits per heavy atom. The van der Waals surface area contributed by atoms with Gasteiger partial charge in [-0.15, -0.1) is 11.8 Å². The average Bonchev–Trinajstić information content (AvgIpc) is 2.53. The second-order valence-corrected chi connectivity index (χ2v) is 6.27. The average molecular weight is 343 g/mol. The molecule has 1 amide bonds. The molecule has 0 spiro atoms. The molecule has 0 bridgehead atoms. The molecule has 24 heavy (non-hydrogen) atoms. The maximum Gasteiger partial charge on any atom is 0.336 e. The molecule has 0 radical (unpaired) electrons. The Hall–Kier alpha value is -2.60. The summed E-state index contributed by atoms with van der Waals surface area (Å²) in [6.07, 6.45) is 0. The van der Waals surface area contributed by atoms with Crippen molar-refractivity contribution in [3.63, 3.8) is 0 Å². The molecule has 0 aliphatic heterocycles. The van der Waals surface area contributed by atoms with Crippen LogP contribution in [0.25, 0.3) is 11.0 Å². The lowest BCUT2D eigenvalue weighted by molar-refractivity contribution is -0.114. The predicted molar refractivity (Wildman–Crippen MR) is 92.7 cm³/mol. The van der Waals surface area contributed by atoms with Crippen LogP contribution < -0.4 is 10.9 Å². The van der Waals surface area contributed by atoms with E-state index in [0.717, 1.165) is 15.8 Å². The topological polar surface area (TPSA) is 59.3 Å². The van der Waals surface area contributed by atoms with E-state index >= 15 is 0 Å². The monoisotopic (exact) mass is 343 g/mol. The molecule has 2 aromatic carbocycles. The number of nitrogens with one attached hydrogen (secondary N) is 1. The molecule has 122 valence electrons. The third-order valence-corrected chi connectivity index (χ3v) is 4.42. The molecule has 1 heterocycles. The van der Waals surface area contributed by atoms with E-state index in [1.807, 2.05) is 6.07 Å². The number of carbonyl (C=O) groups is 1. The highest BCUT2D eigenvalue weighted by Crippen LogP contribution is 2.28. The van der Waals surface area contributed by atoms with Gasteiger partial charge in [-0.1, -0.05) is 0 Å². The normalized spacial score (nSPS) is 10.8. The fourth-order valence-corrected chi connectivity index (χ4v) is 3.21. The van der Waals surface area contributed by atoms with Crippen molar-refractivity contribution >= 4 is 34.3 Å². The Bertz CT molecular complexity index is 951. The van der Waals surface area contributed by atoms with Crippen LogP contribution in [0.1, 0.15) is 12.5 Å².